The number of ether oxygens (including phenoxy) is 1. The van der Waals surface area contributed by atoms with Gasteiger partial charge in [-0.2, -0.15) is 13.2 Å². The minimum Gasteiger partial charge on any atom is -0.472 e. The van der Waals surface area contributed by atoms with E-state index in [1.807, 2.05) is 0 Å². The highest BCUT2D eigenvalue weighted by Crippen LogP contribution is 2.35. The number of hydrogen-bond acceptors (Lipinski definition) is 6. The Morgan fingerprint density at radius 2 is 2.10 bits per heavy atom. The van der Waals surface area contributed by atoms with Gasteiger partial charge in [0, 0.05) is 23.5 Å². The standard InChI is InChI=1S/C18H16F3N3O5/c1-28-17(27)14(8-25)23-15(26)5-12-7-24-6-11(10-2-3-29-9-10)4-13(16(24)22-12)18(19,20)21/h2-4,6-7,9,14,25H,5,8H2,1H3,(H,23,26). The number of nitrogens with one attached hydrogen (secondary N) is 1. The summed E-state index contributed by atoms with van der Waals surface area (Å²) < 4.78 is 51.1. The third-order valence-corrected chi connectivity index (χ3v) is 4.11. The van der Waals surface area contributed by atoms with E-state index in [0.29, 0.717) is 5.56 Å². The Balaban J connectivity index is 1.93. The maximum absolute atomic E-state index is 13.5. The van der Waals surface area contributed by atoms with Crippen LogP contribution < -0.4 is 5.32 Å². The Kier molecular flexibility index (Phi) is 5.59. The van der Waals surface area contributed by atoms with Crippen LogP contribution in [-0.2, 0) is 26.9 Å². The van der Waals surface area contributed by atoms with Gasteiger partial charge in [-0.3, -0.25) is 4.79 Å². The fourth-order valence-electron chi connectivity index (χ4n) is 2.76. The zero-order chi connectivity index (χ0) is 21.2. The van der Waals surface area contributed by atoms with E-state index in [4.69, 9.17) is 9.52 Å². The summed E-state index contributed by atoms with van der Waals surface area (Å²) in [4.78, 5) is 27.4. The summed E-state index contributed by atoms with van der Waals surface area (Å²) in [6.45, 7) is -0.685. The molecule has 3 heterocycles. The number of fused-ring (bicyclic) bond motifs is 1. The zero-order valence-corrected chi connectivity index (χ0v) is 15.1. The molecular weight excluding hydrogens is 395 g/mol. The normalized spacial score (nSPS) is 12.7. The van der Waals surface area contributed by atoms with Crippen LogP contribution in [0.15, 0.2) is 41.5 Å². The Bertz CT molecular complexity index is 1030. The molecule has 1 atom stereocenters. The molecule has 0 saturated heterocycles. The Morgan fingerprint density at radius 3 is 2.69 bits per heavy atom. The number of carbonyl (C=O) groups is 2. The predicted molar refractivity (Wildman–Crippen MR) is 92.6 cm³/mol. The largest absolute Gasteiger partial charge is 0.472 e. The summed E-state index contributed by atoms with van der Waals surface area (Å²) in [7, 11) is 1.09. The molecule has 0 aliphatic rings. The molecule has 8 nitrogen and oxygen atoms in total. The number of pyridine rings is 1. The second kappa shape index (κ2) is 7.95. The highest BCUT2D eigenvalue weighted by molar-refractivity contribution is 5.85. The maximum Gasteiger partial charge on any atom is 0.420 e. The van der Waals surface area contributed by atoms with Crippen molar-refractivity contribution in [3.63, 3.8) is 0 Å². The fraction of sp³-hybridized carbons (Fsp3) is 0.278. The summed E-state index contributed by atoms with van der Waals surface area (Å²) >= 11 is 0. The number of aromatic nitrogens is 2. The van der Waals surface area contributed by atoms with E-state index in [1.54, 1.807) is 0 Å². The number of halogens is 3. The van der Waals surface area contributed by atoms with Gasteiger partial charge in [0.1, 0.15) is 5.65 Å². The quantitative estimate of drug-likeness (QED) is 0.600. The van der Waals surface area contributed by atoms with Crippen molar-refractivity contribution in [3.8, 4) is 11.1 Å². The lowest BCUT2D eigenvalue weighted by Gasteiger charge is -2.13. The van der Waals surface area contributed by atoms with Crippen molar-refractivity contribution in [2.24, 2.45) is 0 Å². The highest BCUT2D eigenvalue weighted by atomic mass is 19.4. The van der Waals surface area contributed by atoms with E-state index < -0.39 is 42.7 Å². The van der Waals surface area contributed by atoms with E-state index in [1.165, 1.54) is 35.4 Å². The summed E-state index contributed by atoms with van der Waals surface area (Å²) in [5.41, 5.74) is -0.559. The van der Waals surface area contributed by atoms with Crippen molar-refractivity contribution in [2.45, 2.75) is 18.6 Å². The number of amides is 1. The van der Waals surface area contributed by atoms with Gasteiger partial charge < -0.3 is 24.0 Å². The van der Waals surface area contributed by atoms with Crippen molar-refractivity contribution in [1.82, 2.24) is 14.7 Å². The van der Waals surface area contributed by atoms with Crippen LogP contribution in [0.5, 0.6) is 0 Å². The first-order valence-corrected chi connectivity index (χ1v) is 8.32. The number of nitrogens with zero attached hydrogens (tertiary/aromatic N) is 2. The zero-order valence-electron chi connectivity index (χ0n) is 15.1. The van der Waals surface area contributed by atoms with Gasteiger partial charge in [-0.15, -0.1) is 0 Å². The first-order valence-electron chi connectivity index (χ1n) is 8.32. The molecule has 154 valence electrons. The van der Waals surface area contributed by atoms with Crippen molar-refractivity contribution < 1.29 is 37.0 Å². The molecule has 29 heavy (non-hydrogen) atoms. The molecule has 3 aromatic heterocycles. The topological polar surface area (TPSA) is 106 Å². The lowest BCUT2D eigenvalue weighted by Crippen LogP contribution is -2.44. The van der Waals surface area contributed by atoms with E-state index in [0.717, 1.165) is 13.2 Å². The van der Waals surface area contributed by atoms with Gasteiger partial charge in [-0.1, -0.05) is 0 Å². The summed E-state index contributed by atoms with van der Waals surface area (Å²) in [5.74, 6) is -1.55. The molecule has 1 unspecified atom stereocenters. The summed E-state index contributed by atoms with van der Waals surface area (Å²) in [6, 6.07) is 1.20. The summed E-state index contributed by atoms with van der Waals surface area (Å²) in [5, 5.41) is 11.4. The molecule has 0 radical (unpaired) electrons. The molecule has 2 N–H and O–H groups in total. The Labute approximate surface area is 161 Å². The lowest BCUT2D eigenvalue weighted by atomic mass is 10.1. The van der Waals surface area contributed by atoms with E-state index >= 15 is 0 Å². The molecule has 3 rings (SSSR count). The van der Waals surface area contributed by atoms with Gasteiger partial charge in [0.15, 0.2) is 6.04 Å². The van der Waals surface area contributed by atoms with E-state index in [2.05, 4.69) is 15.0 Å². The number of carbonyl (C=O) groups excluding carboxylic acids is 2. The van der Waals surface area contributed by atoms with Gasteiger partial charge in [-0.05, 0) is 12.1 Å². The number of hydrogen-bond donors (Lipinski definition) is 2. The monoisotopic (exact) mass is 411 g/mol. The van der Waals surface area contributed by atoms with Crippen molar-refractivity contribution in [3.05, 3.63) is 48.3 Å². The minimum absolute atomic E-state index is 0.0545. The maximum atomic E-state index is 13.5. The molecular formula is C18H16F3N3O5. The van der Waals surface area contributed by atoms with Gasteiger partial charge in [0.2, 0.25) is 5.91 Å². The number of methoxy groups -OCH3 is 1. The van der Waals surface area contributed by atoms with E-state index in [9.17, 15) is 22.8 Å². The average Bonchev–Trinajstić information content (AvgIpc) is 3.32. The second-order valence-electron chi connectivity index (χ2n) is 6.12. The number of alkyl halides is 3. The highest BCUT2D eigenvalue weighted by Gasteiger charge is 2.35. The number of furan rings is 1. The molecule has 0 spiro atoms. The smallest absolute Gasteiger partial charge is 0.420 e. The first kappa shape index (κ1) is 20.4. The minimum atomic E-state index is -4.67. The van der Waals surface area contributed by atoms with Crippen LogP contribution in [0.1, 0.15) is 11.3 Å². The van der Waals surface area contributed by atoms with E-state index in [-0.39, 0.29) is 16.9 Å². The first-order chi connectivity index (χ1) is 13.7. The second-order valence-corrected chi connectivity index (χ2v) is 6.12. The Morgan fingerprint density at radius 1 is 1.34 bits per heavy atom. The average molecular weight is 411 g/mol. The molecule has 0 bridgehead atoms. The number of aliphatic hydroxyl groups excluding tert-OH is 1. The van der Waals surface area contributed by atoms with Crippen LogP contribution in [0.2, 0.25) is 0 Å². The SMILES string of the molecule is COC(=O)C(CO)NC(=O)Cc1cn2cc(-c3ccoc3)cc(C(F)(F)F)c2n1. The molecule has 0 aliphatic heterocycles. The molecule has 0 aliphatic carbocycles. The van der Waals surface area contributed by atoms with Crippen LogP contribution in [0.4, 0.5) is 13.2 Å². The number of aliphatic hydroxyl groups is 1. The van der Waals surface area contributed by atoms with Gasteiger partial charge in [0.25, 0.3) is 0 Å². The summed E-state index contributed by atoms with van der Waals surface area (Å²) in [6.07, 6.45) is 0.324. The van der Waals surface area contributed by atoms with Crippen LogP contribution in [0.3, 0.4) is 0 Å². The van der Waals surface area contributed by atoms with Gasteiger partial charge >= 0.3 is 12.1 Å². The third kappa shape index (κ3) is 4.40. The lowest BCUT2D eigenvalue weighted by molar-refractivity contribution is -0.146. The van der Waals surface area contributed by atoms with Crippen LogP contribution >= 0.6 is 0 Å². The van der Waals surface area contributed by atoms with Crippen molar-refractivity contribution in [1.29, 1.82) is 0 Å². The van der Waals surface area contributed by atoms with Gasteiger partial charge in [-0.25, -0.2) is 9.78 Å². The number of esters is 1. The molecule has 11 heteroatoms. The van der Waals surface area contributed by atoms with Gasteiger partial charge in [0.05, 0.1) is 43.9 Å². The molecule has 3 aromatic rings. The molecule has 1 amide bonds. The third-order valence-electron chi connectivity index (χ3n) is 4.11. The van der Waals surface area contributed by atoms with Crippen LogP contribution in [-0.4, -0.2) is 46.1 Å². The van der Waals surface area contributed by atoms with Crippen molar-refractivity contribution in [2.75, 3.05) is 13.7 Å². The molecule has 0 aromatic carbocycles. The van der Waals surface area contributed by atoms with Crippen LogP contribution in [0, 0.1) is 0 Å². The Hall–Kier alpha value is -3.34. The predicted octanol–water partition coefficient (Wildman–Crippen LogP) is 1.81. The molecule has 0 saturated carbocycles. The number of rotatable bonds is 6. The number of imidazole rings is 1. The molecule has 0 fully saturated rings. The fourth-order valence-corrected chi connectivity index (χ4v) is 2.76. The van der Waals surface area contributed by atoms with Crippen LogP contribution in [0.25, 0.3) is 16.8 Å². The van der Waals surface area contributed by atoms with Crippen molar-refractivity contribution >= 4 is 17.5 Å².